The number of fused-ring (bicyclic) bond motifs is 18. The van der Waals surface area contributed by atoms with E-state index in [4.69, 9.17) is 33.2 Å². The van der Waals surface area contributed by atoms with Crippen LogP contribution in [0.25, 0.3) is 0 Å². The fraction of sp³-hybridized carbons (Fsp3) is 0.769. The van der Waals surface area contributed by atoms with E-state index in [0.717, 1.165) is 193 Å². The van der Waals surface area contributed by atoms with Gasteiger partial charge in [0, 0.05) is 0 Å². The summed E-state index contributed by atoms with van der Waals surface area (Å²) in [5, 5.41) is 0. The van der Waals surface area contributed by atoms with Gasteiger partial charge >= 0.3 is 35.8 Å². The number of rotatable bonds is 28. The third kappa shape index (κ3) is 18.5. The predicted octanol–water partition coefficient (Wildman–Crippen LogP) is 31.0. The molecule has 18 aliphatic rings. The van der Waals surface area contributed by atoms with E-state index in [1.165, 1.54) is 66.9 Å². The van der Waals surface area contributed by atoms with E-state index >= 15 is 28.8 Å². The molecule has 0 aromatic heterocycles. The normalized spacial score (nSPS) is 39.8. The first kappa shape index (κ1) is 107. The number of hydrogen-bond acceptors (Lipinski definition) is 13. The lowest BCUT2D eigenvalue weighted by molar-refractivity contribution is -0.198. The smallest absolute Gasteiger partial charge is 0.312 e. The molecule has 6 fully saturated rings. The second kappa shape index (κ2) is 39.8. The molecule has 0 amide bonds. The molecule has 0 unspecified atom stereocenters. The van der Waals surface area contributed by atoms with Crippen LogP contribution in [0.15, 0.2) is 140 Å². The Balaban J connectivity index is 0.759. The second-order valence-electron chi connectivity index (χ2n) is 56.4. The lowest BCUT2D eigenvalue weighted by atomic mass is 9.47. The highest BCUT2D eigenvalue weighted by Gasteiger charge is 2.67. The van der Waals surface area contributed by atoms with Crippen LogP contribution in [0.2, 0.25) is 0 Å². The van der Waals surface area contributed by atoms with Crippen molar-refractivity contribution in [3.8, 4) is 0 Å². The molecule has 0 N–H and O–H groups in total. The van der Waals surface area contributed by atoms with Crippen LogP contribution < -0.4 is 0 Å². The molecule has 6 saturated carbocycles. The van der Waals surface area contributed by atoms with Crippen molar-refractivity contribution in [2.24, 2.45) is 182 Å². The molecule has 24 atom stereocenters. The topological polar surface area (TPSA) is 167 Å². The lowest BCUT2D eigenvalue weighted by Gasteiger charge is -2.57. The zero-order valence-electron chi connectivity index (χ0n) is 93.7. The largest absolute Gasteiger partial charge is 0.464 e. The molecule has 18 rings (SSSR count). The standard InChI is InChI=1S/C130H190O13/c1-81(2)87-31-43-99-93(67-87)37-49-105-117(99,13)55-25-61-123(105,19)111(131)138-75-129(76-139-112(132)124(20)62-26-56-118(14)100-44-32-88(82(3)4)68-94(100)38-50-106(118)124,77-140-113(133)125(21)63-27-57-119(15)101-45-33-89(83(5)6)69-95(101)39-51-107(119)125)73-137-74-130(78-141-114(134)126(22)64-28-58-120(16)102-46-34-90(84(7)8)70-96(102)40-52-108(120)126,79-142-115(135)127(23)65-29-59-121(17)103-47-35-91(85(9)10)71-97(103)41-53-109(121)127)80-143-116(136)128(24)66-30-60-122(18)104-48-36-92(86(11)12)72-98(104)42-54-110(122)128/h37-42,67-72,81-86,99-110H,25-36,43-66,73-80H2,1-24H3/t99-,100-,101-,102-,103-,104-,105+,106+,107+,108+,109+,110+,117+,118+,119+,120+,121+,122+,123+,124+,125+,126+,127+,128+/m0/s1. The van der Waals surface area contributed by atoms with Gasteiger partial charge in [-0.1, -0.05) is 270 Å². The summed E-state index contributed by atoms with van der Waals surface area (Å²) in [6.07, 6.45) is 61.1. The molecule has 788 valence electrons. The van der Waals surface area contributed by atoms with Crippen molar-refractivity contribution >= 4 is 35.8 Å². The van der Waals surface area contributed by atoms with Crippen LogP contribution in [0.5, 0.6) is 0 Å². The highest BCUT2D eigenvalue weighted by atomic mass is 16.6. The maximum absolute atomic E-state index is 16.8. The highest BCUT2D eigenvalue weighted by molar-refractivity contribution is 5.81. The van der Waals surface area contributed by atoms with Crippen LogP contribution in [-0.2, 0) is 61.9 Å². The van der Waals surface area contributed by atoms with Gasteiger partial charge in [0.2, 0.25) is 0 Å². The number of carbonyl (C=O) groups is 6. The maximum atomic E-state index is 16.8. The van der Waals surface area contributed by atoms with Gasteiger partial charge in [0.05, 0.1) is 56.5 Å². The quantitative estimate of drug-likeness (QED) is 0.0537. The van der Waals surface area contributed by atoms with Crippen LogP contribution in [0.3, 0.4) is 0 Å². The lowest BCUT2D eigenvalue weighted by Crippen LogP contribution is -2.56. The van der Waals surface area contributed by atoms with Crippen molar-refractivity contribution in [1.82, 2.24) is 0 Å². The monoisotopic (exact) mass is 1960 g/mol. The van der Waals surface area contributed by atoms with Gasteiger partial charge in [-0.15, -0.1) is 0 Å². The minimum Gasteiger partial charge on any atom is -0.464 e. The Morgan fingerprint density at radius 3 is 0.524 bits per heavy atom. The van der Waals surface area contributed by atoms with Crippen molar-refractivity contribution in [2.45, 2.75) is 397 Å². The van der Waals surface area contributed by atoms with Crippen LogP contribution in [0.1, 0.15) is 397 Å². The molecular weight excluding hydrogens is 1770 g/mol. The number of hydrogen-bond donors (Lipinski definition) is 0. The third-order valence-electron chi connectivity index (χ3n) is 46.1. The first-order valence-corrected chi connectivity index (χ1v) is 58.6. The first-order valence-electron chi connectivity index (χ1n) is 58.6. The summed E-state index contributed by atoms with van der Waals surface area (Å²) < 4.78 is 52.1. The molecule has 0 aliphatic heterocycles. The third-order valence-corrected chi connectivity index (χ3v) is 46.1. The van der Waals surface area contributed by atoms with E-state index in [1.54, 1.807) is 0 Å². The van der Waals surface area contributed by atoms with Crippen LogP contribution in [-0.4, -0.2) is 88.7 Å². The summed E-state index contributed by atoms with van der Waals surface area (Å²) in [6.45, 7) is 52.7. The van der Waals surface area contributed by atoms with E-state index in [0.29, 0.717) is 74.0 Å². The molecule has 0 spiro atoms. The van der Waals surface area contributed by atoms with Gasteiger partial charge in [0.15, 0.2) is 0 Å². The summed E-state index contributed by atoms with van der Waals surface area (Å²) in [6, 6.07) is 0. The average molecular weight is 1960 g/mol. The van der Waals surface area contributed by atoms with E-state index < -0.39 is 43.3 Å². The van der Waals surface area contributed by atoms with Gasteiger partial charge < -0.3 is 33.2 Å². The first-order chi connectivity index (χ1) is 67.5. The summed E-state index contributed by atoms with van der Waals surface area (Å²) >= 11 is 0. The molecule has 0 radical (unpaired) electrons. The molecule has 0 aromatic carbocycles. The minimum absolute atomic E-state index is 0.0458. The van der Waals surface area contributed by atoms with Crippen molar-refractivity contribution in [3.05, 3.63) is 140 Å². The van der Waals surface area contributed by atoms with Gasteiger partial charge in [0.1, 0.15) is 39.6 Å². The predicted molar refractivity (Wildman–Crippen MR) is 573 cm³/mol. The molecule has 0 aromatic rings. The molecule has 13 nitrogen and oxygen atoms in total. The SMILES string of the molecule is CC(C)C1=CC2=CC[C@@H]3[C@](C)(CCC[C@@]3(C)C(=O)OCC(COCC(COC(=O)[C@]3(C)CCC[C@@]4(C)[C@H]3CC=C3C=C(C(C)C)CC[C@@H]34)(COC(=O)[C@]3(C)CCC[C@@]4(C)[C@H]3CC=C3C=C(C(C)C)CC[C@@H]34)COC(=O)[C@]3(C)CCC[C@@]4(C)[C@H]3CC=C3C=C(C(C)C)CC[C@@H]34)(COC(=O)[C@]3(C)CCC[C@@]4(C)[C@H]3CC=C3C=C(C(C)C)CC[C@@H]34)COC(=O)[C@]3(C)CCC[C@@]4(C)[C@H]3CC=C3C=C(C(C)C)CC[C@@H]34)[C@H]2CC1. The Morgan fingerprint density at radius 1 is 0.238 bits per heavy atom. The molecule has 13 heteroatoms. The Hall–Kier alpha value is -6.34. The number of carbonyl (C=O) groups excluding carboxylic acids is 6. The Morgan fingerprint density at radius 2 is 0.385 bits per heavy atom. The van der Waals surface area contributed by atoms with Gasteiger partial charge in [-0.25, -0.2) is 0 Å². The maximum Gasteiger partial charge on any atom is 0.312 e. The fourth-order valence-electron chi connectivity index (χ4n) is 36.8. The second-order valence-corrected chi connectivity index (χ2v) is 56.4. The Bertz CT molecular complexity index is 4480. The van der Waals surface area contributed by atoms with E-state index in [9.17, 15) is 0 Å². The zero-order valence-corrected chi connectivity index (χ0v) is 93.7. The average Bonchev–Trinajstić information content (AvgIpc) is 0.742. The van der Waals surface area contributed by atoms with E-state index in [2.05, 4.69) is 239 Å². The fourth-order valence-corrected chi connectivity index (χ4v) is 36.8. The number of allylic oxidation sites excluding steroid dienone is 24. The van der Waals surface area contributed by atoms with Crippen molar-refractivity contribution in [1.29, 1.82) is 0 Å². The molecule has 143 heavy (non-hydrogen) atoms. The molecule has 0 heterocycles. The Labute approximate surface area is 864 Å². The van der Waals surface area contributed by atoms with Gasteiger partial charge in [-0.05, 0) is 407 Å². The zero-order chi connectivity index (χ0) is 102. The van der Waals surface area contributed by atoms with Crippen LogP contribution in [0.4, 0.5) is 0 Å². The molecular formula is C130H190O13. The minimum atomic E-state index is -1.61. The summed E-state index contributed by atoms with van der Waals surface area (Å²) in [7, 11) is 0. The van der Waals surface area contributed by atoms with Crippen LogP contribution in [0, 0.1) is 182 Å². The van der Waals surface area contributed by atoms with Crippen molar-refractivity contribution in [2.75, 3.05) is 52.9 Å². The van der Waals surface area contributed by atoms with Gasteiger partial charge in [0.25, 0.3) is 0 Å². The van der Waals surface area contributed by atoms with Crippen LogP contribution >= 0.6 is 0 Å². The molecule has 18 aliphatic carbocycles. The number of ether oxygens (including phenoxy) is 7. The van der Waals surface area contributed by atoms with Gasteiger partial charge in [-0.3, -0.25) is 28.8 Å². The van der Waals surface area contributed by atoms with Crippen molar-refractivity contribution < 1.29 is 61.9 Å². The summed E-state index contributed by atoms with van der Waals surface area (Å²) in [4.78, 5) is 101. The Kier molecular flexibility index (Phi) is 29.6. The van der Waals surface area contributed by atoms with Crippen molar-refractivity contribution in [3.63, 3.8) is 0 Å². The number of esters is 6. The van der Waals surface area contributed by atoms with E-state index in [1.807, 2.05) is 0 Å². The van der Waals surface area contributed by atoms with Gasteiger partial charge in [-0.2, -0.15) is 0 Å². The summed E-state index contributed by atoms with van der Waals surface area (Å²) in [5.41, 5.74) is 7.32. The molecule has 0 bridgehead atoms. The van der Waals surface area contributed by atoms with E-state index in [-0.39, 0.29) is 192 Å². The highest BCUT2D eigenvalue weighted by Crippen LogP contribution is 2.71. The molecule has 0 saturated heterocycles. The summed E-state index contributed by atoms with van der Waals surface area (Å²) in [5.74, 6) is 2.17.